The number of amides is 1. The molecule has 0 bridgehead atoms. The molecule has 1 fully saturated rings. The number of benzene rings is 1. The van der Waals surface area contributed by atoms with Gasteiger partial charge in [0.25, 0.3) is 5.91 Å². The maximum Gasteiger partial charge on any atom is 0.266 e. The molecule has 0 saturated carbocycles. The van der Waals surface area contributed by atoms with Gasteiger partial charge >= 0.3 is 0 Å². The zero-order valence-electron chi connectivity index (χ0n) is 9.96. The molecular formula is C13H13NO2S2. The first-order valence-corrected chi connectivity index (χ1v) is 6.74. The highest BCUT2D eigenvalue weighted by Gasteiger charge is 2.31. The van der Waals surface area contributed by atoms with Crippen molar-refractivity contribution >= 4 is 40.3 Å². The van der Waals surface area contributed by atoms with E-state index in [0.717, 1.165) is 5.56 Å². The Morgan fingerprint density at radius 3 is 2.78 bits per heavy atom. The quantitative estimate of drug-likeness (QED) is 0.626. The summed E-state index contributed by atoms with van der Waals surface area (Å²) in [5.41, 5.74) is 1.00. The van der Waals surface area contributed by atoms with E-state index >= 15 is 0 Å². The van der Waals surface area contributed by atoms with Crippen molar-refractivity contribution in [2.24, 2.45) is 0 Å². The molecule has 1 heterocycles. The molecular weight excluding hydrogens is 266 g/mol. The molecule has 18 heavy (non-hydrogen) atoms. The number of hydrogen-bond donors (Lipinski definition) is 0. The highest BCUT2D eigenvalue weighted by atomic mass is 32.2. The number of methoxy groups -OCH3 is 1. The van der Waals surface area contributed by atoms with Crippen LogP contribution in [0.2, 0.25) is 0 Å². The van der Waals surface area contributed by atoms with Crippen molar-refractivity contribution in [3.63, 3.8) is 0 Å². The highest BCUT2D eigenvalue weighted by molar-refractivity contribution is 8.26. The van der Waals surface area contributed by atoms with Crippen LogP contribution in [0.4, 0.5) is 0 Å². The van der Waals surface area contributed by atoms with Crippen molar-refractivity contribution in [3.05, 3.63) is 40.8 Å². The van der Waals surface area contributed by atoms with E-state index < -0.39 is 0 Å². The average molecular weight is 279 g/mol. The Labute approximate surface area is 116 Å². The molecule has 1 aromatic rings. The highest BCUT2D eigenvalue weighted by Crippen LogP contribution is 2.32. The van der Waals surface area contributed by atoms with E-state index in [-0.39, 0.29) is 5.91 Å². The van der Waals surface area contributed by atoms with Gasteiger partial charge in [-0.25, -0.2) is 0 Å². The molecule has 1 aliphatic heterocycles. The topological polar surface area (TPSA) is 29.5 Å². The van der Waals surface area contributed by atoms with Gasteiger partial charge in [-0.2, -0.15) is 0 Å². The molecule has 5 heteroatoms. The molecule has 1 amide bonds. The van der Waals surface area contributed by atoms with Crippen molar-refractivity contribution < 1.29 is 9.53 Å². The van der Waals surface area contributed by atoms with Crippen LogP contribution in [0.25, 0.3) is 6.08 Å². The van der Waals surface area contributed by atoms with E-state index in [2.05, 4.69) is 0 Å². The Morgan fingerprint density at radius 1 is 1.39 bits per heavy atom. The summed E-state index contributed by atoms with van der Waals surface area (Å²) in [6.07, 6.45) is 1.87. The SMILES string of the molecule is COCCN1C(=O)C(=Cc2ccccc2)SC1=S. The van der Waals surface area contributed by atoms with Gasteiger partial charge < -0.3 is 4.74 Å². The van der Waals surface area contributed by atoms with E-state index in [1.807, 2.05) is 36.4 Å². The predicted octanol–water partition coefficient (Wildman–Crippen LogP) is 2.53. The number of ether oxygens (including phenoxy) is 1. The molecule has 1 aromatic carbocycles. The Kier molecular flexibility index (Phi) is 4.52. The molecule has 1 aliphatic rings. The summed E-state index contributed by atoms with van der Waals surface area (Å²) in [6, 6.07) is 9.75. The van der Waals surface area contributed by atoms with Crippen LogP contribution in [0.15, 0.2) is 35.2 Å². The predicted molar refractivity (Wildman–Crippen MR) is 78.2 cm³/mol. The van der Waals surface area contributed by atoms with Gasteiger partial charge in [-0.3, -0.25) is 9.69 Å². The van der Waals surface area contributed by atoms with Crippen molar-refractivity contribution in [2.45, 2.75) is 0 Å². The normalized spacial score (nSPS) is 17.8. The van der Waals surface area contributed by atoms with Crippen LogP contribution in [0.3, 0.4) is 0 Å². The first-order chi connectivity index (χ1) is 8.72. The smallest absolute Gasteiger partial charge is 0.266 e. The number of rotatable bonds is 4. The molecule has 0 aromatic heterocycles. The van der Waals surface area contributed by atoms with Crippen LogP contribution in [-0.4, -0.2) is 35.4 Å². The standard InChI is InChI=1S/C13H13NO2S2/c1-16-8-7-14-12(15)11(18-13(14)17)9-10-5-3-2-4-6-10/h2-6,9H,7-8H2,1H3. The molecule has 0 aliphatic carbocycles. The summed E-state index contributed by atoms with van der Waals surface area (Å²) in [5.74, 6) is -0.0362. The van der Waals surface area contributed by atoms with Gasteiger partial charge in [0.2, 0.25) is 0 Å². The number of carbonyl (C=O) groups excluding carboxylic acids is 1. The summed E-state index contributed by atoms with van der Waals surface area (Å²) in [6.45, 7) is 0.998. The van der Waals surface area contributed by atoms with Crippen LogP contribution >= 0.6 is 24.0 Å². The van der Waals surface area contributed by atoms with Gasteiger partial charge in [0, 0.05) is 7.11 Å². The van der Waals surface area contributed by atoms with Gasteiger partial charge in [0.15, 0.2) is 0 Å². The third-order valence-corrected chi connectivity index (χ3v) is 3.87. The van der Waals surface area contributed by atoms with E-state index in [0.29, 0.717) is 22.4 Å². The number of carbonyl (C=O) groups is 1. The van der Waals surface area contributed by atoms with E-state index in [1.54, 1.807) is 12.0 Å². The monoisotopic (exact) mass is 279 g/mol. The second kappa shape index (κ2) is 6.13. The second-order valence-electron chi connectivity index (χ2n) is 3.74. The molecule has 1 saturated heterocycles. The molecule has 2 rings (SSSR count). The van der Waals surface area contributed by atoms with Crippen LogP contribution in [-0.2, 0) is 9.53 Å². The van der Waals surface area contributed by atoms with Gasteiger partial charge in [0.05, 0.1) is 18.1 Å². The lowest BCUT2D eigenvalue weighted by molar-refractivity contribution is -0.122. The zero-order chi connectivity index (χ0) is 13.0. The second-order valence-corrected chi connectivity index (χ2v) is 5.41. The third-order valence-electron chi connectivity index (χ3n) is 2.49. The van der Waals surface area contributed by atoms with Gasteiger partial charge in [-0.15, -0.1) is 0 Å². The van der Waals surface area contributed by atoms with Crippen LogP contribution in [0.1, 0.15) is 5.56 Å². The Balaban J connectivity index is 2.15. The number of thiocarbonyl (C=S) groups is 1. The van der Waals surface area contributed by atoms with E-state index in [1.165, 1.54) is 11.8 Å². The minimum Gasteiger partial charge on any atom is -0.383 e. The molecule has 94 valence electrons. The van der Waals surface area contributed by atoms with Crippen LogP contribution in [0, 0.1) is 0 Å². The summed E-state index contributed by atoms with van der Waals surface area (Å²) >= 11 is 6.54. The fourth-order valence-corrected chi connectivity index (χ4v) is 2.88. The van der Waals surface area contributed by atoms with Crippen molar-refractivity contribution in [1.82, 2.24) is 4.90 Å². The summed E-state index contributed by atoms with van der Waals surface area (Å²) < 4.78 is 5.57. The minimum absolute atomic E-state index is 0.0362. The fourth-order valence-electron chi connectivity index (χ4n) is 1.58. The summed E-state index contributed by atoms with van der Waals surface area (Å²) in [5, 5.41) is 0. The first kappa shape index (κ1) is 13.3. The largest absolute Gasteiger partial charge is 0.383 e. The average Bonchev–Trinajstić information content (AvgIpc) is 2.64. The zero-order valence-corrected chi connectivity index (χ0v) is 11.6. The van der Waals surface area contributed by atoms with Crippen molar-refractivity contribution in [2.75, 3.05) is 20.3 Å². The molecule has 0 unspecified atom stereocenters. The third kappa shape index (κ3) is 2.98. The van der Waals surface area contributed by atoms with Gasteiger partial charge in [0.1, 0.15) is 4.32 Å². The maximum atomic E-state index is 12.1. The summed E-state index contributed by atoms with van der Waals surface area (Å²) in [4.78, 5) is 14.4. The molecule has 0 N–H and O–H groups in total. The summed E-state index contributed by atoms with van der Waals surface area (Å²) in [7, 11) is 1.61. The molecule has 0 radical (unpaired) electrons. The number of nitrogens with zero attached hydrogens (tertiary/aromatic N) is 1. The lowest BCUT2D eigenvalue weighted by Crippen LogP contribution is -2.31. The first-order valence-electron chi connectivity index (χ1n) is 5.51. The maximum absolute atomic E-state index is 12.1. The Bertz CT molecular complexity index is 485. The minimum atomic E-state index is -0.0362. The fraction of sp³-hybridized carbons (Fsp3) is 0.231. The molecule has 0 atom stereocenters. The van der Waals surface area contributed by atoms with Gasteiger partial charge in [-0.1, -0.05) is 54.3 Å². The van der Waals surface area contributed by atoms with Crippen LogP contribution in [0.5, 0.6) is 0 Å². The van der Waals surface area contributed by atoms with Crippen molar-refractivity contribution in [1.29, 1.82) is 0 Å². The Morgan fingerprint density at radius 2 is 2.11 bits per heavy atom. The van der Waals surface area contributed by atoms with Crippen molar-refractivity contribution in [3.8, 4) is 0 Å². The van der Waals surface area contributed by atoms with E-state index in [4.69, 9.17) is 17.0 Å². The lowest BCUT2D eigenvalue weighted by atomic mass is 10.2. The number of thioether (sulfide) groups is 1. The van der Waals surface area contributed by atoms with E-state index in [9.17, 15) is 4.79 Å². The van der Waals surface area contributed by atoms with Gasteiger partial charge in [-0.05, 0) is 11.6 Å². The Hall–Kier alpha value is -1.17. The molecule has 0 spiro atoms. The lowest BCUT2D eigenvalue weighted by Gasteiger charge is -2.12. The molecule has 3 nitrogen and oxygen atoms in total. The number of hydrogen-bond acceptors (Lipinski definition) is 4. The van der Waals surface area contributed by atoms with Crippen LogP contribution < -0.4 is 0 Å².